The van der Waals surface area contributed by atoms with E-state index in [0.717, 1.165) is 34.6 Å². The van der Waals surface area contributed by atoms with Gasteiger partial charge in [0.25, 0.3) is 5.91 Å². The quantitative estimate of drug-likeness (QED) is 0.286. The van der Waals surface area contributed by atoms with Crippen LogP contribution in [0.3, 0.4) is 0 Å². The van der Waals surface area contributed by atoms with Gasteiger partial charge >= 0.3 is 5.97 Å². The summed E-state index contributed by atoms with van der Waals surface area (Å²) in [7, 11) is 0. The van der Waals surface area contributed by atoms with E-state index in [0.29, 0.717) is 12.8 Å². The highest BCUT2D eigenvalue weighted by Crippen LogP contribution is 2.21. The van der Waals surface area contributed by atoms with Crippen LogP contribution >= 0.6 is 0 Å². The van der Waals surface area contributed by atoms with Crippen molar-refractivity contribution >= 4 is 11.9 Å². The van der Waals surface area contributed by atoms with Gasteiger partial charge in [-0.05, 0) is 35.1 Å². The normalized spacial score (nSPS) is 12.3. The lowest BCUT2D eigenvalue weighted by atomic mass is 9.94. The van der Waals surface area contributed by atoms with E-state index >= 15 is 0 Å². The molecule has 0 aliphatic carbocycles. The highest BCUT2D eigenvalue weighted by Gasteiger charge is 2.24. The van der Waals surface area contributed by atoms with E-state index in [1.807, 2.05) is 84.9 Å². The minimum atomic E-state index is -0.715. The van der Waals surface area contributed by atoms with Gasteiger partial charge in [-0.1, -0.05) is 91.9 Å². The van der Waals surface area contributed by atoms with Crippen LogP contribution in [0.1, 0.15) is 35.0 Å². The molecule has 38 heavy (non-hydrogen) atoms. The molecule has 0 spiro atoms. The number of carbonyl (C=O) groups is 2. The van der Waals surface area contributed by atoms with Crippen molar-refractivity contribution in [3.63, 3.8) is 0 Å². The second-order valence-corrected chi connectivity index (χ2v) is 9.16. The molecule has 4 rings (SSSR count). The van der Waals surface area contributed by atoms with Crippen LogP contribution in [0.4, 0.5) is 0 Å². The molecule has 1 heterocycles. The van der Waals surface area contributed by atoms with Gasteiger partial charge in [0.1, 0.15) is 12.9 Å². The molecule has 0 saturated heterocycles. The standard InChI is InChI=1S/C31H29NO6/c1-21(31(36)38-19-23-8-4-2-5-9-23)16-26(32-30(35)29-18-27(33)28(34)20-37-29)17-22-12-14-25(15-13-22)24-10-6-3-7-11-24/h2-15,18,20-21,26,34H,16-17,19H2,1H3,(H,32,35)/t21-,26?/m1/s1. The number of hydrogen-bond acceptors (Lipinski definition) is 6. The fraction of sp³-hybridized carbons (Fsp3) is 0.194. The van der Waals surface area contributed by atoms with Crippen molar-refractivity contribution in [3.05, 3.63) is 124 Å². The summed E-state index contributed by atoms with van der Waals surface area (Å²) in [6.07, 6.45) is 1.58. The average Bonchev–Trinajstić information content (AvgIpc) is 2.94. The minimum Gasteiger partial charge on any atom is -0.502 e. The molecule has 1 aromatic heterocycles. The van der Waals surface area contributed by atoms with E-state index < -0.39 is 29.0 Å². The van der Waals surface area contributed by atoms with E-state index in [4.69, 9.17) is 9.15 Å². The third-order valence-electron chi connectivity index (χ3n) is 6.18. The van der Waals surface area contributed by atoms with Crippen LogP contribution in [-0.2, 0) is 22.6 Å². The van der Waals surface area contributed by atoms with Crippen molar-refractivity contribution in [1.29, 1.82) is 0 Å². The number of aromatic hydroxyl groups is 1. The zero-order valence-corrected chi connectivity index (χ0v) is 21.0. The maximum atomic E-state index is 12.9. The molecule has 194 valence electrons. The molecule has 0 bridgehead atoms. The molecule has 0 fully saturated rings. The first-order chi connectivity index (χ1) is 18.4. The Kier molecular flexibility index (Phi) is 8.72. The molecule has 4 aromatic rings. The molecular weight excluding hydrogens is 482 g/mol. The van der Waals surface area contributed by atoms with Gasteiger partial charge in [0, 0.05) is 12.1 Å². The predicted molar refractivity (Wildman–Crippen MR) is 143 cm³/mol. The van der Waals surface area contributed by atoms with E-state index in [2.05, 4.69) is 5.32 Å². The minimum absolute atomic E-state index is 0.167. The Hall–Kier alpha value is -4.65. The molecule has 1 amide bonds. The van der Waals surface area contributed by atoms with Crippen molar-refractivity contribution in [3.8, 4) is 16.9 Å². The van der Waals surface area contributed by atoms with Crippen LogP contribution in [0.25, 0.3) is 11.1 Å². The Balaban J connectivity index is 1.47. The second-order valence-electron chi connectivity index (χ2n) is 9.16. The van der Waals surface area contributed by atoms with Crippen molar-refractivity contribution in [2.24, 2.45) is 5.92 Å². The maximum Gasteiger partial charge on any atom is 0.309 e. The Labute approximate surface area is 220 Å². The summed E-state index contributed by atoms with van der Waals surface area (Å²) in [5, 5.41) is 12.3. The highest BCUT2D eigenvalue weighted by atomic mass is 16.5. The van der Waals surface area contributed by atoms with Crippen LogP contribution in [0.15, 0.2) is 106 Å². The molecule has 1 unspecified atom stereocenters. The van der Waals surface area contributed by atoms with Gasteiger partial charge in [0.15, 0.2) is 11.5 Å². The van der Waals surface area contributed by atoms with Crippen LogP contribution in [0.5, 0.6) is 5.75 Å². The number of rotatable bonds is 10. The number of hydrogen-bond donors (Lipinski definition) is 2. The summed E-state index contributed by atoms with van der Waals surface area (Å²) in [4.78, 5) is 37.4. The highest BCUT2D eigenvalue weighted by molar-refractivity contribution is 5.91. The van der Waals surface area contributed by atoms with Crippen LogP contribution < -0.4 is 10.7 Å². The number of nitrogens with one attached hydrogen (secondary N) is 1. The lowest BCUT2D eigenvalue weighted by Crippen LogP contribution is -2.39. The van der Waals surface area contributed by atoms with E-state index in [-0.39, 0.29) is 18.3 Å². The SMILES string of the molecule is C[C@H](CC(Cc1ccc(-c2ccccc2)cc1)NC(=O)c1cc(=O)c(O)co1)C(=O)OCc1ccccc1. The summed E-state index contributed by atoms with van der Waals surface area (Å²) < 4.78 is 10.6. The average molecular weight is 512 g/mol. The molecule has 7 heteroatoms. The molecule has 0 aliphatic heterocycles. The first-order valence-electron chi connectivity index (χ1n) is 12.4. The smallest absolute Gasteiger partial charge is 0.309 e. The molecule has 0 saturated carbocycles. The summed E-state index contributed by atoms with van der Waals surface area (Å²) in [6, 6.07) is 27.9. The van der Waals surface area contributed by atoms with Gasteiger partial charge < -0.3 is 19.6 Å². The number of ether oxygens (including phenoxy) is 1. The van der Waals surface area contributed by atoms with Crippen LogP contribution in [-0.4, -0.2) is 23.0 Å². The first-order valence-corrected chi connectivity index (χ1v) is 12.4. The van der Waals surface area contributed by atoms with Gasteiger partial charge in [-0.25, -0.2) is 0 Å². The zero-order valence-electron chi connectivity index (χ0n) is 21.0. The molecule has 2 N–H and O–H groups in total. The molecular formula is C31H29NO6. The second kappa shape index (κ2) is 12.5. The van der Waals surface area contributed by atoms with Crippen molar-refractivity contribution in [1.82, 2.24) is 5.32 Å². The largest absolute Gasteiger partial charge is 0.502 e. The van der Waals surface area contributed by atoms with Crippen molar-refractivity contribution in [2.45, 2.75) is 32.4 Å². The third-order valence-corrected chi connectivity index (χ3v) is 6.18. The summed E-state index contributed by atoms with van der Waals surface area (Å²) >= 11 is 0. The summed E-state index contributed by atoms with van der Waals surface area (Å²) in [5.74, 6) is -2.29. The van der Waals surface area contributed by atoms with Crippen molar-refractivity contribution in [2.75, 3.05) is 0 Å². The fourth-order valence-electron chi connectivity index (χ4n) is 4.12. The lowest BCUT2D eigenvalue weighted by molar-refractivity contribution is -0.149. The molecule has 2 atom stereocenters. The summed E-state index contributed by atoms with van der Waals surface area (Å²) in [5.41, 5.74) is 3.30. The Morgan fingerprint density at radius 3 is 2.18 bits per heavy atom. The van der Waals surface area contributed by atoms with Gasteiger partial charge in [0.05, 0.1) is 5.92 Å². The topological polar surface area (TPSA) is 106 Å². The molecule has 7 nitrogen and oxygen atoms in total. The lowest BCUT2D eigenvalue weighted by Gasteiger charge is -2.22. The monoisotopic (exact) mass is 511 g/mol. The third kappa shape index (κ3) is 7.20. The van der Waals surface area contributed by atoms with Gasteiger partial charge in [-0.3, -0.25) is 14.4 Å². The zero-order chi connectivity index (χ0) is 26.9. The summed E-state index contributed by atoms with van der Waals surface area (Å²) in [6.45, 7) is 1.92. The first kappa shape index (κ1) is 26.4. The number of amides is 1. The Morgan fingerprint density at radius 2 is 1.53 bits per heavy atom. The predicted octanol–water partition coefficient (Wildman–Crippen LogP) is 5.12. The number of carbonyl (C=O) groups excluding carboxylic acids is 2. The Morgan fingerprint density at radius 1 is 0.895 bits per heavy atom. The molecule has 0 radical (unpaired) electrons. The van der Waals surface area contributed by atoms with E-state index in [9.17, 15) is 19.5 Å². The van der Waals surface area contributed by atoms with Gasteiger partial charge in [-0.15, -0.1) is 0 Å². The Bertz CT molecular complexity index is 1410. The van der Waals surface area contributed by atoms with E-state index in [1.54, 1.807) is 6.92 Å². The molecule has 0 aliphatic rings. The number of benzene rings is 3. The van der Waals surface area contributed by atoms with Crippen molar-refractivity contribution < 1.29 is 23.8 Å². The van der Waals surface area contributed by atoms with E-state index in [1.165, 1.54) is 0 Å². The van der Waals surface area contributed by atoms with Crippen LogP contribution in [0, 0.1) is 5.92 Å². The van der Waals surface area contributed by atoms with Gasteiger partial charge in [0.2, 0.25) is 5.43 Å². The molecule has 3 aromatic carbocycles. The van der Waals surface area contributed by atoms with Crippen LogP contribution in [0.2, 0.25) is 0 Å². The maximum absolute atomic E-state index is 12.9. The van der Waals surface area contributed by atoms with Gasteiger partial charge in [-0.2, -0.15) is 0 Å². The number of esters is 1. The fourth-order valence-corrected chi connectivity index (χ4v) is 4.12.